The predicted molar refractivity (Wildman–Crippen MR) is 38.0 cm³/mol. The van der Waals surface area contributed by atoms with Gasteiger partial charge in [-0.25, -0.2) is 4.68 Å². The van der Waals surface area contributed by atoms with Crippen LogP contribution in [0.4, 0.5) is 4.39 Å². The van der Waals surface area contributed by atoms with Crippen LogP contribution < -0.4 is 5.73 Å². The lowest BCUT2D eigenvalue weighted by Crippen LogP contribution is -1.92. The molecule has 0 saturated heterocycles. The summed E-state index contributed by atoms with van der Waals surface area (Å²) < 4.78 is 13.4. The molecule has 2 N–H and O–H groups in total. The highest BCUT2D eigenvalue weighted by atomic mass is 19.1. The molecule has 4 heteroatoms. The largest absolute Gasteiger partial charge is 0.333 e. The van der Waals surface area contributed by atoms with E-state index in [2.05, 4.69) is 10.8 Å². The van der Waals surface area contributed by atoms with Crippen molar-refractivity contribution in [3.05, 3.63) is 17.7 Å². The molecule has 0 aromatic carbocycles. The minimum atomic E-state index is -0.289. The van der Waals surface area contributed by atoms with Crippen LogP contribution in [0.15, 0.2) is 6.07 Å². The maximum Gasteiger partial charge on any atom is 0.211 e. The SMILES string of the molecule is CN.Cc1cc(F)n(C)n1. The van der Waals surface area contributed by atoms with Crippen LogP contribution >= 0.6 is 0 Å². The Balaban J connectivity index is 0.000000371. The van der Waals surface area contributed by atoms with E-state index in [4.69, 9.17) is 0 Å². The number of nitrogens with zero attached hydrogens (tertiary/aromatic N) is 2. The Morgan fingerprint density at radius 1 is 1.60 bits per heavy atom. The minimum Gasteiger partial charge on any atom is -0.333 e. The molecule has 1 aromatic rings. The summed E-state index contributed by atoms with van der Waals surface area (Å²) in [6.07, 6.45) is 0. The highest BCUT2D eigenvalue weighted by Crippen LogP contribution is 1.96. The summed E-state index contributed by atoms with van der Waals surface area (Å²) in [6.45, 7) is 1.75. The molecule has 0 radical (unpaired) electrons. The third-order valence-corrected chi connectivity index (χ3v) is 0.945. The number of halogens is 1. The van der Waals surface area contributed by atoms with Crippen LogP contribution in [0.5, 0.6) is 0 Å². The predicted octanol–water partition coefficient (Wildman–Crippen LogP) is 0.443. The van der Waals surface area contributed by atoms with Crippen LogP contribution in [0.1, 0.15) is 5.69 Å². The Kier molecular flexibility index (Phi) is 3.64. The lowest BCUT2D eigenvalue weighted by molar-refractivity contribution is 0.503. The first kappa shape index (κ1) is 9.10. The number of hydrogen-bond donors (Lipinski definition) is 1. The second-order valence-electron chi connectivity index (χ2n) is 1.73. The third-order valence-electron chi connectivity index (χ3n) is 0.945. The van der Waals surface area contributed by atoms with Gasteiger partial charge in [-0.1, -0.05) is 0 Å². The second-order valence-corrected chi connectivity index (χ2v) is 1.73. The molecular weight excluding hydrogens is 133 g/mol. The quantitative estimate of drug-likeness (QED) is 0.575. The summed E-state index contributed by atoms with van der Waals surface area (Å²) in [4.78, 5) is 0. The van der Waals surface area contributed by atoms with Gasteiger partial charge in [-0.2, -0.15) is 9.49 Å². The maximum atomic E-state index is 12.2. The maximum absolute atomic E-state index is 12.2. The topological polar surface area (TPSA) is 43.8 Å². The highest BCUT2D eigenvalue weighted by Gasteiger charge is 1.95. The van der Waals surface area contributed by atoms with Crippen molar-refractivity contribution in [1.29, 1.82) is 0 Å². The normalized spacial score (nSPS) is 8.50. The third kappa shape index (κ3) is 2.14. The molecular formula is C6H12FN3. The second kappa shape index (κ2) is 4.00. The van der Waals surface area contributed by atoms with Crippen molar-refractivity contribution in [3.63, 3.8) is 0 Å². The van der Waals surface area contributed by atoms with Crippen LogP contribution in [0, 0.1) is 12.9 Å². The lowest BCUT2D eigenvalue weighted by Gasteiger charge is -1.83. The van der Waals surface area contributed by atoms with E-state index >= 15 is 0 Å². The first-order valence-corrected chi connectivity index (χ1v) is 2.94. The molecule has 0 aliphatic carbocycles. The van der Waals surface area contributed by atoms with Gasteiger partial charge in [0.1, 0.15) is 0 Å². The highest BCUT2D eigenvalue weighted by molar-refractivity contribution is 4.96. The number of rotatable bonds is 0. The number of aryl methyl sites for hydroxylation is 2. The molecule has 0 atom stereocenters. The Morgan fingerprint density at radius 2 is 2.10 bits per heavy atom. The number of nitrogens with two attached hydrogens (primary N) is 1. The van der Waals surface area contributed by atoms with Crippen LogP contribution in [-0.2, 0) is 7.05 Å². The first-order chi connectivity index (χ1) is 4.70. The van der Waals surface area contributed by atoms with Crippen LogP contribution in [-0.4, -0.2) is 16.8 Å². The zero-order chi connectivity index (χ0) is 8.15. The lowest BCUT2D eigenvalue weighted by atomic mass is 10.5. The number of aromatic nitrogens is 2. The van der Waals surface area contributed by atoms with Crippen LogP contribution in [0.2, 0.25) is 0 Å². The van der Waals surface area contributed by atoms with Gasteiger partial charge < -0.3 is 5.73 Å². The molecule has 0 unspecified atom stereocenters. The molecule has 0 aliphatic rings. The Bertz CT molecular complexity index is 175. The van der Waals surface area contributed by atoms with Crippen molar-refractivity contribution < 1.29 is 4.39 Å². The van der Waals surface area contributed by atoms with E-state index in [9.17, 15) is 4.39 Å². The van der Waals surface area contributed by atoms with Crippen LogP contribution in [0.25, 0.3) is 0 Å². The van der Waals surface area contributed by atoms with Crippen molar-refractivity contribution >= 4 is 0 Å². The minimum absolute atomic E-state index is 0.289. The van der Waals surface area contributed by atoms with Gasteiger partial charge in [-0.05, 0) is 14.0 Å². The molecule has 10 heavy (non-hydrogen) atoms. The van der Waals surface area contributed by atoms with E-state index in [-0.39, 0.29) is 5.95 Å². The standard InChI is InChI=1S/C5H7FN2.CH5N/c1-4-3-5(6)8(2)7-4;1-2/h3H,1-2H3;2H2,1H3. The van der Waals surface area contributed by atoms with Gasteiger partial charge in [0.05, 0.1) is 5.69 Å². The van der Waals surface area contributed by atoms with Crippen molar-refractivity contribution in [2.24, 2.45) is 12.8 Å². The molecule has 0 saturated carbocycles. The molecule has 1 heterocycles. The molecule has 3 nitrogen and oxygen atoms in total. The molecule has 0 amide bonds. The van der Waals surface area contributed by atoms with Crippen molar-refractivity contribution in [2.45, 2.75) is 6.92 Å². The van der Waals surface area contributed by atoms with E-state index in [1.165, 1.54) is 17.8 Å². The molecule has 0 spiro atoms. The fraction of sp³-hybridized carbons (Fsp3) is 0.500. The summed E-state index contributed by atoms with van der Waals surface area (Å²) >= 11 is 0. The average Bonchev–Trinajstić information content (AvgIpc) is 2.16. The van der Waals surface area contributed by atoms with E-state index in [1.54, 1.807) is 14.0 Å². The fourth-order valence-electron chi connectivity index (χ4n) is 0.579. The molecule has 0 bridgehead atoms. The summed E-state index contributed by atoms with van der Waals surface area (Å²) in [5.41, 5.74) is 5.21. The summed E-state index contributed by atoms with van der Waals surface area (Å²) in [5, 5.41) is 3.75. The summed E-state index contributed by atoms with van der Waals surface area (Å²) in [5.74, 6) is -0.289. The van der Waals surface area contributed by atoms with Crippen molar-refractivity contribution in [3.8, 4) is 0 Å². The molecule has 0 fully saturated rings. The van der Waals surface area contributed by atoms with Gasteiger partial charge in [-0.15, -0.1) is 0 Å². The summed E-state index contributed by atoms with van der Waals surface area (Å²) in [6, 6.07) is 1.39. The van der Waals surface area contributed by atoms with E-state index in [0.29, 0.717) is 5.69 Å². The monoisotopic (exact) mass is 145 g/mol. The van der Waals surface area contributed by atoms with E-state index in [0.717, 1.165) is 0 Å². The Labute approximate surface area is 59.6 Å². The smallest absolute Gasteiger partial charge is 0.211 e. The molecule has 1 aromatic heterocycles. The van der Waals surface area contributed by atoms with Gasteiger partial charge in [-0.3, -0.25) is 0 Å². The molecule has 1 rings (SSSR count). The van der Waals surface area contributed by atoms with Crippen LogP contribution in [0.3, 0.4) is 0 Å². The van der Waals surface area contributed by atoms with Gasteiger partial charge >= 0.3 is 0 Å². The molecule has 0 aliphatic heterocycles. The van der Waals surface area contributed by atoms with Gasteiger partial charge in [0.25, 0.3) is 0 Å². The van der Waals surface area contributed by atoms with E-state index in [1.807, 2.05) is 0 Å². The van der Waals surface area contributed by atoms with Crippen molar-refractivity contribution in [1.82, 2.24) is 9.78 Å². The zero-order valence-corrected chi connectivity index (χ0v) is 6.43. The Morgan fingerprint density at radius 3 is 2.20 bits per heavy atom. The van der Waals surface area contributed by atoms with E-state index < -0.39 is 0 Å². The van der Waals surface area contributed by atoms with Gasteiger partial charge in [0, 0.05) is 13.1 Å². The zero-order valence-electron chi connectivity index (χ0n) is 6.43. The number of hydrogen-bond acceptors (Lipinski definition) is 2. The first-order valence-electron chi connectivity index (χ1n) is 2.94. The average molecular weight is 145 g/mol. The Hall–Kier alpha value is -0.900. The van der Waals surface area contributed by atoms with Crippen molar-refractivity contribution in [2.75, 3.05) is 7.05 Å². The fourth-order valence-corrected chi connectivity index (χ4v) is 0.579. The molecule has 58 valence electrons. The van der Waals surface area contributed by atoms with Gasteiger partial charge in [0.2, 0.25) is 5.95 Å². The van der Waals surface area contributed by atoms with Gasteiger partial charge in [0.15, 0.2) is 0 Å². The summed E-state index contributed by atoms with van der Waals surface area (Å²) in [7, 11) is 3.07.